The van der Waals surface area contributed by atoms with E-state index in [0.717, 1.165) is 0 Å². The molecule has 0 unspecified atom stereocenters. The number of fused-ring (bicyclic) bond motifs is 10. The summed E-state index contributed by atoms with van der Waals surface area (Å²) in [5.41, 5.74) is 14.0. The summed E-state index contributed by atoms with van der Waals surface area (Å²) in [5.74, 6) is 0. The first-order valence-electron chi connectivity index (χ1n) is 14.6. The largest absolute Gasteiger partial charge is 0.319 e. The van der Waals surface area contributed by atoms with Gasteiger partial charge in [-0.1, -0.05) is 97.1 Å². The highest BCUT2D eigenvalue weighted by molar-refractivity contribution is 7.00. The number of para-hydroxylation sites is 5. The van der Waals surface area contributed by atoms with Gasteiger partial charge in [-0.2, -0.15) is 0 Å². The Hall–Kier alpha value is -5.48. The lowest BCUT2D eigenvalue weighted by Crippen LogP contribution is -2.61. The van der Waals surface area contributed by atoms with Crippen LogP contribution in [-0.2, 0) is 0 Å². The maximum atomic E-state index is 2.56. The second-order valence-corrected chi connectivity index (χ2v) is 11.3. The summed E-state index contributed by atoms with van der Waals surface area (Å²) in [5, 5.41) is 3.88. The number of hydrogen-bond acceptors (Lipinski definition) is 1. The fourth-order valence-corrected chi connectivity index (χ4v) is 7.74. The van der Waals surface area contributed by atoms with Gasteiger partial charge in [0.05, 0.1) is 22.2 Å². The Morgan fingerprint density at radius 1 is 0.429 bits per heavy atom. The molecule has 0 aliphatic carbocycles. The van der Waals surface area contributed by atoms with Crippen molar-refractivity contribution >= 4 is 73.0 Å². The molecule has 0 radical (unpaired) electrons. The van der Waals surface area contributed by atoms with Crippen LogP contribution in [0.2, 0.25) is 0 Å². The van der Waals surface area contributed by atoms with E-state index in [9.17, 15) is 0 Å². The zero-order chi connectivity index (χ0) is 27.4. The van der Waals surface area contributed by atoms with Gasteiger partial charge in [0, 0.05) is 44.5 Å². The van der Waals surface area contributed by atoms with Gasteiger partial charge < -0.3 is 14.0 Å². The van der Waals surface area contributed by atoms with Crippen LogP contribution in [0.15, 0.2) is 146 Å². The molecule has 0 saturated heterocycles. The Morgan fingerprint density at radius 3 is 1.83 bits per heavy atom. The highest BCUT2D eigenvalue weighted by Gasteiger charge is 2.44. The fourth-order valence-electron chi connectivity index (χ4n) is 7.74. The summed E-state index contributed by atoms with van der Waals surface area (Å²) in [6.07, 6.45) is 0. The number of rotatable bonds is 2. The van der Waals surface area contributed by atoms with Crippen LogP contribution in [0.4, 0.5) is 17.1 Å². The molecule has 8 aromatic rings. The first-order chi connectivity index (χ1) is 20.9. The van der Waals surface area contributed by atoms with Crippen molar-refractivity contribution in [2.24, 2.45) is 0 Å². The van der Waals surface area contributed by atoms with Crippen molar-refractivity contribution < 1.29 is 0 Å². The molecular formula is C38H24BN3. The molecule has 4 heteroatoms. The molecule has 0 N–H and O–H groups in total. The highest BCUT2D eigenvalue weighted by Crippen LogP contribution is 2.44. The van der Waals surface area contributed by atoms with E-state index >= 15 is 0 Å². The van der Waals surface area contributed by atoms with E-state index in [2.05, 4.69) is 160 Å². The summed E-state index contributed by atoms with van der Waals surface area (Å²) >= 11 is 0. The average molecular weight is 533 g/mol. The molecule has 2 aliphatic rings. The van der Waals surface area contributed by atoms with E-state index in [0.29, 0.717) is 0 Å². The Balaban J connectivity index is 1.47. The summed E-state index contributed by atoms with van der Waals surface area (Å²) in [6, 6.07) is 53.2. The molecule has 3 nitrogen and oxygen atoms in total. The molecule has 0 spiro atoms. The quantitative estimate of drug-likeness (QED) is 0.212. The number of benzene rings is 6. The topological polar surface area (TPSA) is 13.1 Å². The first kappa shape index (κ1) is 22.2. The third-order valence-electron chi connectivity index (χ3n) is 9.28. The third-order valence-corrected chi connectivity index (χ3v) is 9.28. The third kappa shape index (κ3) is 2.67. The average Bonchev–Trinajstić information content (AvgIpc) is 3.58. The van der Waals surface area contributed by atoms with Gasteiger partial charge in [0.15, 0.2) is 0 Å². The minimum absolute atomic E-state index is 0.0688. The molecule has 2 aromatic heterocycles. The molecule has 2 aliphatic heterocycles. The van der Waals surface area contributed by atoms with Crippen molar-refractivity contribution in [3.8, 4) is 11.4 Å². The minimum atomic E-state index is 0.0688. The van der Waals surface area contributed by atoms with Crippen LogP contribution in [0, 0.1) is 0 Å². The molecular weight excluding hydrogens is 509 g/mol. The Kier molecular flexibility index (Phi) is 4.26. The zero-order valence-electron chi connectivity index (χ0n) is 22.8. The molecule has 6 aromatic carbocycles. The molecule has 194 valence electrons. The van der Waals surface area contributed by atoms with Crippen molar-refractivity contribution in [1.82, 2.24) is 9.13 Å². The number of anilines is 3. The van der Waals surface area contributed by atoms with Crippen molar-refractivity contribution in [2.45, 2.75) is 0 Å². The maximum absolute atomic E-state index is 2.56. The summed E-state index contributed by atoms with van der Waals surface area (Å²) < 4.78 is 5.08. The highest BCUT2D eigenvalue weighted by atomic mass is 15.2. The molecule has 0 amide bonds. The number of nitrogens with zero attached hydrogens (tertiary/aromatic N) is 3. The Labute approximate surface area is 243 Å². The molecule has 4 heterocycles. The van der Waals surface area contributed by atoms with E-state index < -0.39 is 0 Å². The first-order valence-corrected chi connectivity index (χ1v) is 14.6. The fraction of sp³-hybridized carbons (Fsp3) is 0. The Bertz CT molecular complexity index is 2370. The maximum Gasteiger partial charge on any atom is 0.273 e. The summed E-state index contributed by atoms with van der Waals surface area (Å²) in [6.45, 7) is 0.0688. The van der Waals surface area contributed by atoms with Gasteiger partial charge in [0.1, 0.15) is 0 Å². The lowest BCUT2D eigenvalue weighted by Gasteiger charge is -2.39. The van der Waals surface area contributed by atoms with Crippen molar-refractivity contribution in [2.75, 3.05) is 4.90 Å². The van der Waals surface area contributed by atoms with Crippen LogP contribution >= 0.6 is 0 Å². The number of aromatic nitrogens is 2. The van der Waals surface area contributed by atoms with Gasteiger partial charge in [-0.05, 0) is 59.5 Å². The van der Waals surface area contributed by atoms with E-state index in [1.165, 1.54) is 77.7 Å². The SMILES string of the molecule is c1ccc(N2c3ccccc3B3c4c2ccc2c5ccccc5n(c42)-c2c3n(-c3ccccc3)c3ccccc23)cc1. The second kappa shape index (κ2) is 8.05. The molecule has 0 bridgehead atoms. The van der Waals surface area contributed by atoms with E-state index in [1.807, 2.05) is 0 Å². The summed E-state index contributed by atoms with van der Waals surface area (Å²) in [4.78, 5) is 2.46. The van der Waals surface area contributed by atoms with Gasteiger partial charge in [-0.25, -0.2) is 0 Å². The van der Waals surface area contributed by atoms with Crippen LogP contribution in [-0.4, -0.2) is 15.8 Å². The molecule has 0 atom stereocenters. The lowest BCUT2D eigenvalue weighted by molar-refractivity contribution is 1.13. The standard InChI is InChI=1S/C38H24BN3/c1-3-13-25(14-4-1)40-33-22-12-9-19-30(33)39-35-34(40)24-23-28-27-17-7-10-20-31(27)42(36(28)35)37-29-18-8-11-21-32(29)41(38(37)39)26-15-5-2-6-16-26/h1-24H. The van der Waals surface area contributed by atoms with Gasteiger partial charge >= 0.3 is 0 Å². The molecule has 42 heavy (non-hydrogen) atoms. The van der Waals surface area contributed by atoms with Crippen molar-refractivity contribution in [3.63, 3.8) is 0 Å². The van der Waals surface area contributed by atoms with Gasteiger partial charge in [0.25, 0.3) is 6.71 Å². The number of hydrogen-bond donors (Lipinski definition) is 0. The van der Waals surface area contributed by atoms with Crippen molar-refractivity contribution in [1.29, 1.82) is 0 Å². The minimum Gasteiger partial charge on any atom is -0.319 e. The van der Waals surface area contributed by atoms with Crippen LogP contribution in [0.5, 0.6) is 0 Å². The lowest BCUT2D eigenvalue weighted by atomic mass is 9.35. The van der Waals surface area contributed by atoms with Crippen molar-refractivity contribution in [3.05, 3.63) is 146 Å². The molecule has 0 fully saturated rings. The second-order valence-electron chi connectivity index (χ2n) is 11.3. The predicted octanol–water partition coefficient (Wildman–Crippen LogP) is 7.34. The normalized spacial score (nSPS) is 13.1. The van der Waals surface area contributed by atoms with E-state index in [1.54, 1.807) is 0 Å². The monoisotopic (exact) mass is 533 g/mol. The zero-order valence-corrected chi connectivity index (χ0v) is 22.8. The van der Waals surface area contributed by atoms with Crippen LogP contribution in [0.25, 0.3) is 44.1 Å². The van der Waals surface area contributed by atoms with Gasteiger partial charge in [-0.15, -0.1) is 0 Å². The van der Waals surface area contributed by atoms with Crippen LogP contribution in [0.3, 0.4) is 0 Å². The smallest absolute Gasteiger partial charge is 0.273 e. The van der Waals surface area contributed by atoms with Gasteiger partial charge in [0.2, 0.25) is 0 Å². The predicted molar refractivity (Wildman–Crippen MR) is 177 cm³/mol. The van der Waals surface area contributed by atoms with Gasteiger partial charge in [-0.3, -0.25) is 0 Å². The summed E-state index contributed by atoms with van der Waals surface area (Å²) in [7, 11) is 0. The van der Waals surface area contributed by atoms with Crippen LogP contribution < -0.4 is 21.4 Å². The van der Waals surface area contributed by atoms with E-state index in [4.69, 9.17) is 0 Å². The van der Waals surface area contributed by atoms with E-state index in [-0.39, 0.29) is 6.71 Å². The van der Waals surface area contributed by atoms with Crippen LogP contribution in [0.1, 0.15) is 0 Å². The molecule has 0 saturated carbocycles. The Morgan fingerprint density at radius 2 is 1.05 bits per heavy atom. The molecule has 10 rings (SSSR count).